The molecular formula is C6H9N3O2. The fraction of sp³-hybridized carbons (Fsp3) is 0.500. The quantitative estimate of drug-likeness (QED) is 0.653. The van der Waals surface area contributed by atoms with Gasteiger partial charge >= 0.3 is 0 Å². The molecule has 0 bridgehead atoms. The van der Waals surface area contributed by atoms with Crippen molar-refractivity contribution in [3.05, 3.63) is 11.7 Å². The van der Waals surface area contributed by atoms with Gasteiger partial charge in [0.2, 0.25) is 11.8 Å². The lowest BCUT2D eigenvalue weighted by atomic mass is 10.5. The number of carbonyl (C=O) groups is 1. The molecule has 60 valence electrons. The van der Waals surface area contributed by atoms with Crippen molar-refractivity contribution in [1.82, 2.24) is 15.5 Å². The zero-order valence-corrected chi connectivity index (χ0v) is 6.42. The molecule has 0 spiro atoms. The van der Waals surface area contributed by atoms with Crippen molar-refractivity contribution in [2.75, 3.05) is 0 Å². The van der Waals surface area contributed by atoms with E-state index < -0.39 is 0 Å². The predicted octanol–water partition coefficient (Wildman–Crippen LogP) is 0.0141. The van der Waals surface area contributed by atoms with Crippen LogP contribution in [0, 0.1) is 6.92 Å². The third-order valence-corrected chi connectivity index (χ3v) is 1.07. The van der Waals surface area contributed by atoms with Gasteiger partial charge in [-0.3, -0.25) is 4.79 Å². The van der Waals surface area contributed by atoms with Crippen LogP contribution in [-0.2, 0) is 11.3 Å². The number of aryl methyl sites for hydroxylation is 1. The first kappa shape index (κ1) is 7.71. The van der Waals surface area contributed by atoms with Crippen molar-refractivity contribution < 1.29 is 9.32 Å². The van der Waals surface area contributed by atoms with Crippen molar-refractivity contribution >= 4 is 5.91 Å². The Bertz CT molecular complexity index is 256. The minimum absolute atomic E-state index is 0.104. The monoisotopic (exact) mass is 155 g/mol. The first-order valence-corrected chi connectivity index (χ1v) is 3.22. The molecule has 0 fully saturated rings. The fourth-order valence-electron chi connectivity index (χ4n) is 0.617. The van der Waals surface area contributed by atoms with Crippen LogP contribution in [0.3, 0.4) is 0 Å². The van der Waals surface area contributed by atoms with Crippen molar-refractivity contribution in [3.63, 3.8) is 0 Å². The summed E-state index contributed by atoms with van der Waals surface area (Å²) in [6.45, 7) is 3.46. The van der Waals surface area contributed by atoms with Gasteiger partial charge in [0.15, 0.2) is 5.82 Å². The van der Waals surface area contributed by atoms with E-state index in [1.165, 1.54) is 6.92 Å². The van der Waals surface area contributed by atoms with Crippen LogP contribution in [0.15, 0.2) is 4.52 Å². The van der Waals surface area contributed by atoms with E-state index in [2.05, 4.69) is 20.0 Å². The predicted molar refractivity (Wildman–Crippen MR) is 36.6 cm³/mol. The van der Waals surface area contributed by atoms with Gasteiger partial charge in [0.1, 0.15) is 0 Å². The van der Waals surface area contributed by atoms with Gasteiger partial charge in [-0.05, 0) is 0 Å². The minimum Gasteiger partial charge on any atom is -0.349 e. The number of rotatable bonds is 2. The number of aromatic nitrogens is 2. The lowest BCUT2D eigenvalue weighted by molar-refractivity contribution is -0.119. The maximum atomic E-state index is 10.4. The molecule has 1 rings (SSSR count). The van der Waals surface area contributed by atoms with Gasteiger partial charge in [0.05, 0.1) is 6.54 Å². The van der Waals surface area contributed by atoms with Crippen LogP contribution in [0.5, 0.6) is 0 Å². The second kappa shape index (κ2) is 3.14. The lowest BCUT2D eigenvalue weighted by Gasteiger charge is -1.93. The average molecular weight is 155 g/mol. The zero-order valence-electron chi connectivity index (χ0n) is 6.42. The van der Waals surface area contributed by atoms with E-state index in [4.69, 9.17) is 0 Å². The standard InChI is InChI=1S/C6H9N3O2/c1-4(10)7-3-6-8-5(2)11-9-6/h3H2,1-2H3,(H,7,10). The maximum absolute atomic E-state index is 10.4. The summed E-state index contributed by atoms with van der Waals surface area (Å²) in [5, 5.41) is 6.14. The van der Waals surface area contributed by atoms with E-state index >= 15 is 0 Å². The molecule has 0 radical (unpaired) electrons. The molecule has 5 heteroatoms. The number of nitrogens with one attached hydrogen (secondary N) is 1. The summed E-state index contributed by atoms with van der Waals surface area (Å²) in [6.07, 6.45) is 0. The summed E-state index contributed by atoms with van der Waals surface area (Å²) in [5.41, 5.74) is 0. The highest BCUT2D eigenvalue weighted by atomic mass is 16.5. The van der Waals surface area contributed by atoms with E-state index in [1.54, 1.807) is 6.92 Å². The van der Waals surface area contributed by atoms with Crippen LogP contribution in [0.2, 0.25) is 0 Å². The topological polar surface area (TPSA) is 68.0 Å². The van der Waals surface area contributed by atoms with E-state index in [-0.39, 0.29) is 5.91 Å². The van der Waals surface area contributed by atoms with Crippen LogP contribution in [0.25, 0.3) is 0 Å². The molecule has 0 saturated carbocycles. The molecule has 0 aliphatic heterocycles. The van der Waals surface area contributed by atoms with Gasteiger partial charge in [-0.1, -0.05) is 5.16 Å². The van der Waals surface area contributed by atoms with E-state index in [9.17, 15) is 4.79 Å². The molecule has 11 heavy (non-hydrogen) atoms. The third-order valence-electron chi connectivity index (χ3n) is 1.07. The molecule has 1 amide bonds. The molecule has 1 heterocycles. The summed E-state index contributed by atoms with van der Waals surface area (Å²) in [4.78, 5) is 14.3. The van der Waals surface area contributed by atoms with Crippen molar-refractivity contribution in [2.45, 2.75) is 20.4 Å². The Morgan fingerprint density at radius 2 is 2.45 bits per heavy atom. The molecular weight excluding hydrogens is 146 g/mol. The van der Waals surface area contributed by atoms with Gasteiger partial charge in [0, 0.05) is 13.8 Å². The molecule has 0 aliphatic rings. The molecule has 1 aromatic rings. The normalized spacial score (nSPS) is 9.64. The van der Waals surface area contributed by atoms with Gasteiger partial charge in [-0.15, -0.1) is 0 Å². The highest BCUT2D eigenvalue weighted by Gasteiger charge is 2.00. The summed E-state index contributed by atoms with van der Waals surface area (Å²) in [7, 11) is 0. The Morgan fingerprint density at radius 1 is 1.73 bits per heavy atom. The number of amides is 1. The fourth-order valence-corrected chi connectivity index (χ4v) is 0.617. The van der Waals surface area contributed by atoms with Crippen LogP contribution < -0.4 is 5.32 Å². The first-order chi connectivity index (χ1) is 5.18. The zero-order chi connectivity index (χ0) is 8.27. The third kappa shape index (κ3) is 2.37. The highest BCUT2D eigenvalue weighted by Crippen LogP contribution is 1.93. The highest BCUT2D eigenvalue weighted by molar-refractivity contribution is 5.72. The van der Waals surface area contributed by atoms with Crippen LogP contribution in [0.1, 0.15) is 18.6 Å². The Labute approximate surface area is 63.8 Å². The molecule has 0 unspecified atom stereocenters. The first-order valence-electron chi connectivity index (χ1n) is 3.22. The molecule has 5 nitrogen and oxygen atoms in total. The van der Waals surface area contributed by atoms with Crippen molar-refractivity contribution in [1.29, 1.82) is 0 Å². The van der Waals surface area contributed by atoms with Crippen molar-refractivity contribution in [2.24, 2.45) is 0 Å². The van der Waals surface area contributed by atoms with E-state index in [0.717, 1.165) is 0 Å². The molecule has 1 aromatic heterocycles. The van der Waals surface area contributed by atoms with Gasteiger partial charge in [-0.25, -0.2) is 0 Å². The largest absolute Gasteiger partial charge is 0.349 e. The van der Waals surface area contributed by atoms with E-state index in [1.807, 2.05) is 0 Å². The number of carbonyl (C=O) groups excluding carboxylic acids is 1. The van der Waals surface area contributed by atoms with Gasteiger partial charge in [-0.2, -0.15) is 4.98 Å². The molecule has 0 aromatic carbocycles. The van der Waals surface area contributed by atoms with Crippen LogP contribution in [-0.4, -0.2) is 16.0 Å². The summed E-state index contributed by atoms with van der Waals surface area (Å²) in [5.74, 6) is 0.899. The van der Waals surface area contributed by atoms with Crippen molar-refractivity contribution in [3.8, 4) is 0 Å². The molecule has 0 atom stereocenters. The van der Waals surface area contributed by atoms with Gasteiger partial charge < -0.3 is 9.84 Å². The number of hydrogen-bond acceptors (Lipinski definition) is 4. The Hall–Kier alpha value is -1.39. The average Bonchev–Trinajstić information content (AvgIpc) is 2.31. The maximum Gasteiger partial charge on any atom is 0.223 e. The Balaban J connectivity index is 2.45. The second-order valence-electron chi connectivity index (χ2n) is 2.14. The number of hydrogen-bond donors (Lipinski definition) is 1. The number of nitrogens with zero attached hydrogens (tertiary/aromatic N) is 2. The van der Waals surface area contributed by atoms with Crippen LogP contribution in [0.4, 0.5) is 0 Å². The van der Waals surface area contributed by atoms with E-state index in [0.29, 0.717) is 18.3 Å². The smallest absolute Gasteiger partial charge is 0.223 e. The molecule has 0 saturated heterocycles. The van der Waals surface area contributed by atoms with Crippen LogP contribution >= 0.6 is 0 Å². The summed E-state index contributed by atoms with van der Waals surface area (Å²) >= 11 is 0. The Morgan fingerprint density at radius 3 is 2.91 bits per heavy atom. The molecule has 1 N–H and O–H groups in total. The minimum atomic E-state index is -0.104. The summed E-state index contributed by atoms with van der Waals surface area (Å²) < 4.78 is 4.68. The summed E-state index contributed by atoms with van der Waals surface area (Å²) in [6, 6.07) is 0. The second-order valence-corrected chi connectivity index (χ2v) is 2.14. The lowest BCUT2D eigenvalue weighted by Crippen LogP contribution is -2.19. The SMILES string of the molecule is CC(=O)NCc1noc(C)n1. The Kier molecular flexibility index (Phi) is 2.20. The molecule has 0 aliphatic carbocycles. The van der Waals surface area contributed by atoms with Gasteiger partial charge in [0.25, 0.3) is 0 Å².